The molecule has 0 bridgehead atoms. The summed E-state index contributed by atoms with van der Waals surface area (Å²) in [7, 11) is 1.68. The third-order valence-electron chi connectivity index (χ3n) is 5.52. The van der Waals surface area contributed by atoms with Crippen LogP contribution in [0.25, 0.3) is 11.2 Å². The number of benzene rings is 1. The van der Waals surface area contributed by atoms with E-state index >= 15 is 0 Å². The highest BCUT2D eigenvalue weighted by Crippen LogP contribution is 2.26. The zero-order valence-corrected chi connectivity index (χ0v) is 17.2. The van der Waals surface area contributed by atoms with Crippen molar-refractivity contribution in [3.05, 3.63) is 45.8 Å². The van der Waals surface area contributed by atoms with Gasteiger partial charge in [0.05, 0.1) is 24.4 Å². The number of imidazole rings is 1. The average molecular weight is 413 g/mol. The van der Waals surface area contributed by atoms with E-state index in [0.29, 0.717) is 35.6 Å². The number of aryl methyl sites for hydroxylation is 2. The number of anilines is 2. The van der Waals surface area contributed by atoms with Gasteiger partial charge < -0.3 is 10.1 Å². The number of ether oxygens (including phenoxy) is 1. The summed E-state index contributed by atoms with van der Waals surface area (Å²) in [6.07, 6.45) is 3.53. The van der Waals surface area contributed by atoms with E-state index in [1.807, 2.05) is 0 Å². The monoisotopic (exact) mass is 413 g/mol. The Morgan fingerprint density at radius 2 is 2.20 bits per heavy atom. The number of nitrogens with zero attached hydrogens (tertiary/aromatic N) is 4. The van der Waals surface area contributed by atoms with Crippen molar-refractivity contribution in [3.63, 3.8) is 0 Å². The van der Waals surface area contributed by atoms with E-state index in [1.165, 1.54) is 16.7 Å². The molecule has 1 N–H and O–H groups in total. The third-order valence-corrected chi connectivity index (χ3v) is 5.52. The van der Waals surface area contributed by atoms with Crippen LogP contribution in [0.1, 0.15) is 48.1 Å². The lowest BCUT2D eigenvalue weighted by atomic mass is 10.0. The number of halogens is 1. The van der Waals surface area contributed by atoms with Gasteiger partial charge in [-0.3, -0.25) is 13.9 Å². The molecule has 0 spiro atoms. The molecular formula is C21H24FN5O3. The normalized spacial score (nSPS) is 16.7. The molecule has 1 saturated heterocycles. The van der Waals surface area contributed by atoms with Gasteiger partial charge in [-0.25, -0.2) is 14.2 Å². The van der Waals surface area contributed by atoms with Crippen LogP contribution in [0.2, 0.25) is 0 Å². The molecule has 2 aromatic heterocycles. The lowest BCUT2D eigenvalue weighted by Crippen LogP contribution is -2.31. The Hall–Kier alpha value is -3.07. The Bertz CT molecular complexity index is 1180. The van der Waals surface area contributed by atoms with Gasteiger partial charge in [-0.1, -0.05) is 6.92 Å². The number of aromatic nitrogens is 4. The van der Waals surface area contributed by atoms with Gasteiger partial charge in [0.1, 0.15) is 11.3 Å². The summed E-state index contributed by atoms with van der Waals surface area (Å²) in [5.74, 6) is -0.592. The maximum absolute atomic E-state index is 14.4. The Morgan fingerprint density at radius 3 is 2.90 bits per heavy atom. The van der Waals surface area contributed by atoms with E-state index in [2.05, 4.69) is 15.3 Å². The molecule has 0 saturated carbocycles. The van der Waals surface area contributed by atoms with Gasteiger partial charge in [-0.2, -0.15) is 4.98 Å². The zero-order valence-electron chi connectivity index (χ0n) is 17.2. The van der Waals surface area contributed by atoms with E-state index in [4.69, 9.17) is 4.74 Å². The molecule has 1 unspecified atom stereocenters. The average Bonchev–Trinajstić information content (AvgIpc) is 3.00. The zero-order chi connectivity index (χ0) is 21.4. The van der Waals surface area contributed by atoms with Gasteiger partial charge >= 0.3 is 5.69 Å². The number of fused-ring (bicyclic) bond motifs is 1. The lowest BCUT2D eigenvalue weighted by Gasteiger charge is -2.22. The minimum Gasteiger partial charge on any atom is -0.379 e. The smallest absolute Gasteiger partial charge is 0.330 e. The van der Waals surface area contributed by atoms with E-state index in [0.717, 1.165) is 12.8 Å². The Kier molecular flexibility index (Phi) is 5.38. The molecule has 3 heterocycles. The largest absolute Gasteiger partial charge is 0.379 e. The molecule has 30 heavy (non-hydrogen) atoms. The van der Waals surface area contributed by atoms with Crippen molar-refractivity contribution >= 4 is 28.6 Å². The first-order valence-electron chi connectivity index (χ1n) is 10.0. The van der Waals surface area contributed by atoms with Crippen molar-refractivity contribution in [2.45, 2.75) is 39.2 Å². The number of carbonyl (C=O) groups excluding carboxylic acids is 1. The van der Waals surface area contributed by atoms with Crippen molar-refractivity contribution in [1.29, 1.82) is 0 Å². The second-order valence-electron chi connectivity index (χ2n) is 7.53. The van der Waals surface area contributed by atoms with Crippen LogP contribution in [0.3, 0.4) is 0 Å². The molecule has 8 nitrogen and oxygen atoms in total. The van der Waals surface area contributed by atoms with Gasteiger partial charge in [0.2, 0.25) is 5.95 Å². The van der Waals surface area contributed by atoms with Crippen molar-refractivity contribution in [2.24, 2.45) is 7.05 Å². The summed E-state index contributed by atoms with van der Waals surface area (Å²) in [6.45, 7) is 4.63. The standard InChI is InChI=1S/C21H24FN5O3/c1-4-18(28)14-8-12(2)16(9-15(14)22)24-20-23-10-17-19(25-20)27(21(29)26(17)3)13-6-5-7-30-11-13/h8-10,13H,4-7,11H2,1-3H3,(H,23,24,25). The summed E-state index contributed by atoms with van der Waals surface area (Å²) >= 11 is 0. The van der Waals surface area contributed by atoms with Crippen molar-refractivity contribution < 1.29 is 13.9 Å². The maximum atomic E-state index is 14.4. The first-order chi connectivity index (χ1) is 14.4. The van der Waals surface area contributed by atoms with Gasteiger partial charge in [0.25, 0.3) is 0 Å². The van der Waals surface area contributed by atoms with Crippen LogP contribution < -0.4 is 11.0 Å². The number of hydrogen-bond acceptors (Lipinski definition) is 6. The van der Waals surface area contributed by atoms with Crippen LogP contribution in [-0.4, -0.2) is 38.1 Å². The van der Waals surface area contributed by atoms with E-state index in [-0.39, 0.29) is 35.4 Å². The summed E-state index contributed by atoms with van der Waals surface area (Å²) in [5.41, 5.74) is 2.19. The predicted molar refractivity (Wildman–Crippen MR) is 111 cm³/mol. The molecular weight excluding hydrogens is 389 g/mol. The fraction of sp³-hybridized carbons (Fsp3) is 0.429. The number of carbonyl (C=O) groups is 1. The van der Waals surface area contributed by atoms with Crippen LogP contribution in [0.4, 0.5) is 16.0 Å². The highest BCUT2D eigenvalue weighted by atomic mass is 19.1. The summed E-state index contributed by atoms with van der Waals surface area (Å²) in [4.78, 5) is 33.5. The number of ketones is 1. The minimum absolute atomic E-state index is 0.0751. The molecule has 1 atom stereocenters. The molecule has 4 rings (SSSR count). The van der Waals surface area contributed by atoms with Gasteiger partial charge in [0.15, 0.2) is 11.4 Å². The van der Waals surface area contributed by atoms with Crippen LogP contribution >= 0.6 is 0 Å². The van der Waals surface area contributed by atoms with E-state index < -0.39 is 5.82 Å². The number of Topliss-reactive ketones (excluding diaryl/α,β-unsaturated/α-hetero) is 1. The van der Waals surface area contributed by atoms with Crippen LogP contribution in [0.5, 0.6) is 0 Å². The fourth-order valence-corrected chi connectivity index (χ4v) is 3.79. The summed E-state index contributed by atoms with van der Waals surface area (Å²) in [6, 6.07) is 2.72. The first kappa shape index (κ1) is 20.2. The molecule has 0 aliphatic carbocycles. The molecule has 3 aromatic rings. The molecule has 1 aliphatic rings. The van der Waals surface area contributed by atoms with Gasteiger partial charge in [0, 0.05) is 25.8 Å². The van der Waals surface area contributed by atoms with Crippen molar-refractivity contribution in [1.82, 2.24) is 19.1 Å². The number of hydrogen-bond donors (Lipinski definition) is 1. The van der Waals surface area contributed by atoms with Crippen LogP contribution in [0, 0.1) is 12.7 Å². The van der Waals surface area contributed by atoms with Gasteiger partial charge in [-0.05, 0) is 37.5 Å². The summed E-state index contributed by atoms with van der Waals surface area (Å²) in [5, 5.41) is 3.02. The number of nitrogens with one attached hydrogen (secondary N) is 1. The highest BCUT2D eigenvalue weighted by molar-refractivity contribution is 5.96. The second kappa shape index (κ2) is 7.98. The molecule has 9 heteroatoms. The quantitative estimate of drug-likeness (QED) is 0.646. The van der Waals surface area contributed by atoms with Gasteiger partial charge in [-0.15, -0.1) is 0 Å². The summed E-state index contributed by atoms with van der Waals surface area (Å²) < 4.78 is 23.1. The maximum Gasteiger partial charge on any atom is 0.330 e. The minimum atomic E-state index is -0.591. The fourth-order valence-electron chi connectivity index (χ4n) is 3.79. The third kappa shape index (κ3) is 3.49. The van der Waals surface area contributed by atoms with E-state index in [9.17, 15) is 14.0 Å². The van der Waals surface area contributed by atoms with E-state index in [1.54, 1.807) is 31.7 Å². The molecule has 158 valence electrons. The van der Waals surface area contributed by atoms with Crippen LogP contribution in [-0.2, 0) is 11.8 Å². The molecule has 1 aromatic carbocycles. The van der Waals surface area contributed by atoms with Crippen LogP contribution in [0.15, 0.2) is 23.1 Å². The topological polar surface area (TPSA) is 91.0 Å². The highest BCUT2D eigenvalue weighted by Gasteiger charge is 2.23. The molecule has 1 fully saturated rings. The predicted octanol–water partition coefficient (Wildman–Crippen LogP) is 3.27. The Balaban J connectivity index is 1.73. The van der Waals surface area contributed by atoms with Crippen molar-refractivity contribution in [3.8, 4) is 0 Å². The molecule has 0 radical (unpaired) electrons. The SMILES string of the molecule is CCC(=O)c1cc(C)c(Nc2ncc3c(n2)n(C2CCCOC2)c(=O)n3C)cc1F. The van der Waals surface area contributed by atoms with Crippen molar-refractivity contribution in [2.75, 3.05) is 18.5 Å². The Labute approximate surface area is 172 Å². The number of rotatable bonds is 5. The first-order valence-corrected chi connectivity index (χ1v) is 10.0. The molecule has 0 amide bonds. The molecule has 1 aliphatic heterocycles. The lowest BCUT2D eigenvalue weighted by molar-refractivity contribution is 0.0591. The second-order valence-corrected chi connectivity index (χ2v) is 7.53. The Morgan fingerprint density at radius 1 is 1.40 bits per heavy atom.